The van der Waals surface area contributed by atoms with Crippen LogP contribution in [0.4, 0.5) is 4.79 Å². The first-order valence-corrected chi connectivity index (χ1v) is 13.6. The Balaban J connectivity index is 0.00000480. The van der Waals surface area contributed by atoms with E-state index in [-0.39, 0.29) is 36.9 Å². The Kier molecular flexibility index (Phi) is 9.76. The van der Waals surface area contributed by atoms with Gasteiger partial charge in [0.05, 0.1) is 0 Å². The molecule has 2 aromatic rings. The molecule has 0 aromatic heterocycles. The summed E-state index contributed by atoms with van der Waals surface area (Å²) in [6.45, 7) is 21.0. The van der Waals surface area contributed by atoms with Crippen LogP contribution in [0.25, 0.3) is 0 Å². The van der Waals surface area contributed by atoms with Crippen molar-refractivity contribution in [1.82, 2.24) is 4.90 Å². The fourth-order valence-corrected chi connectivity index (χ4v) is 6.17. The zero-order valence-corrected chi connectivity index (χ0v) is 21.5. The predicted octanol–water partition coefficient (Wildman–Crippen LogP) is 3.17. The van der Waals surface area contributed by atoms with Gasteiger partial charge in [-0.15, -0.1) is 18.7 Å². The maximum absolute atomic E-state index is 13.3. The molecule has 0 fully saturated rings. The van der Waals surface area contributed by atoms with Gasteiger partial charge in [-0.3, -0.25) is 0 Å². The van der Waals surface area contributed by atoms with E-state index in [9.17, 15) is 4.79 Å². The Labute approximate surface area is 202 Å². The van der Waals surface area contributed by atoms with E-state index in [4.69, 9.17) is 4.74 Å². The number of hydrogen-bond acceptors (Lipinski definition) is 2. The molecule has 0 radical (unpaired) electrons. The van der Waals surface area contributed by atoms with Crippen LogP contribution in [0.1, 0.15) is 40.2 Å². The third-order valence-electron chi connectivity index (χ3n) is 5.28. The zero-order valence-electron chi connectivity index (χ0n) is 20.5. The van der Waals surface area contributed by atoms with Gasteiger partial charge in [-0.25, -0.2) is 4.79 Å². The van der Waals surface area contributed by atoms with E-state index in [2.05, 4.69) is 57.8 Å². The fourth-order valence-electron chi connectivity index (χ4n) is 3.56. The van der Waals surface area contributed by atoms with Crippen molar-refractivity contribution in [2.24, 2.45) is 5.92 Å². The van der Waals surface area contributed by atoms with E-state index in [1.807, 2.05) is 63.7 Å². The third kappa shape index (κ3) is 7.35. The van der Waals surface area contributed by atoms with Gasteiger partial charge in [0.25, 0.3) is 0 Å². The summed E-state index contributed by atoms with van der Waals surface area (Å²) in [4.78, 5) is 15.1. The van der Waals surface area contributed by atoms with Gasteiger partial charge in [-0.1, -0.05) is 80.3 Å². The van der Waals surface area contributed by atoms with Gasteiger partial charge in [0, 0.05) is 6.04 Å². The second-order valence-corrected chi connectivity index (χ2v) is 14.1. The molecule has 2 aromatic carbocycles. The topological polar surface area (TPSA) is 29.5 Å². The van der Waals surface area contributed by atoms with Crippen molar-refractivity contribution in [3.05, 3.63) is 84.5 Å². The van der Waals surface area contributed by atoms with Crippen LogP contribution in [0.5, 0.6) is 0 Å². The van der Waals surface area contributed by atoms with Crippen LogP contribution in [0.3, 0.4) is 0 Å². The van der Waals surface area contributed by atoms with E-state index in [1.165, 1.54) is 5.19 Å². The molecule has 0 bridgehead atoms. The average Bonchev–Trinajstić information content (AvgIpc) is 2.67. The summed E-state index contributed by atoms with van der Waals surface area (Å²) in [5, 5.41) is 2.42. The number of rotatable bonds is 7. The molecule has 0 saturated heterocycles. The molecule has 0 unspecified atom stereocenters. The van der Waals surface area contributed by atoms with Crippen LogP contribution < -0.4 is 24.0 Å². The van der Waals surface area contributed by atoms with Crippen molar-refractivity contribution in [1.29, 1.82) is 0 Å². The number of carbonyl (C=O) groups is 1. The summed E-state index contributed by atoms with van der Waals surface area (Å²) in [6, 6.07) is 20.3. The van der Waals surface area contributed by atoms with Crippen molar-refractivity contribution in [2.45, 2.75) is 59.4 Å². The number of hydrogen-bond donors (Lipinski definition) is 0. The van der Waals surface area contributed by atoms with Crippen LogP contribution in [0.2, 0.25) is 13.1 Å². The summed E-state index contributed by atoms with van der Waals surface area (Å²) >= 11 is 0. The zero-order chi connectivity index (χ0) is 22.5. The van der Waals surface area contributed by atoms with E-state index in [0.29, 0.717) is 0 Å². The number of nitrogens with zero attached hydrogens (tertiary/aromatic N) is 1. The van der Waals surface area contributed by atoms with Gasteiger partial charge in [0.1, 0.15) is 13.7 Å². The van der Waals surface area contributed by atoms with Gasteiger partial charge in [0.15, 0.2) is 0 Å². The maximum atomic E-state index is 13.3. The molecule has 1 atom stereocenters. The molecule has 0 aliphatic carbocycles. The number of ether oxygens (including phenoxy) is 1. The Morgan fingerprint density at radius 1 is 1.00 bits per heavy atom. The van der Waals surface area contributed by atoms with E-state index < -0.39 is 13.7 Å². The monoisotopic (exact) mass is 429 g/mol. The molecule has 31 heavy (non-hydrogen) atoms. The van der Waals surface area contributed by atoms with Crippen LogP contribution in [0, 0.1) is 12.5 Å². The smallest absolute Gasteiger partial charge is 0.444 e. The molecule has 0 N–H and O–H groups in total. The first kappa shape index (κ1) is 27.2. The normalized spacial score (nSPS) is 12.5. The molecule has 3 nitrogen and oxygen atoms in total. The first-order chi connectivity index (χ1) is 13.9. The minimum Gasteiger partial charge on any atom is -0.444 e. The summed E-state index contributed by atoms with van der Waals surface area (Å²) < 4.78 is 5.80. The van der Waals surface area contributed by atoms with Gasteiger partial charge in [0.2, 0.25) is 0 Å². The fraction of sp³-hybridized carbons (Fsp3) is 0.385. The quantitative estimate of drug-likeness (QED) is 0.500. The molecular formula is C26H36LiNO2Si. The second-order valence-electron chi connectivity index (χ2n) is 9.63. The third-order valence-corrected chi connectivity index (χ3v) is 8.96. The van der Waals surface area contributed by atoms with Gasteiger partial charge in [-0.05, 0) is 26.7 Å². The van der Waals surface area contributed by atoms with Crippen molar-refractivity contribution in [3.63, 3.8) is 0 Å². The molecular weight excluding hydrogens is 393 g/mol. The molecule has 1 amide bonds. The van der Waals surface area contributed by atoms with Crippen molar-refractivity contribution < 1.29 is 28.4 Å². The first-order valence-electron chi connectivity index (χ1n) is 10.6. The standard InChI is InChI=1S/C26H36NO2Si.Li/c1-20(2)24(21(3)30(7,8)23-17-13-10-14-18-23)27(25(28)29-26(4,5)6)19-22-15-11-9-12-16-22;/h9-20,24H,3H2,1-2,4-8H3;/q-1;+1/t24-;/m0./s1. The van der Waals surface area contributed by atoms with Crippen molar-refractivity contribution in [3.8, 4) is 0 Å². The minimum absolute atomic E-state index is 0. The molecule has 5 heteroatoms. The van der Waals surface area contributed by atoms with Gasteiger partial charge < -0.3 is 9.64 Å². The van der Waals surface area contributed by atoms with Crippen LogP contribution >= 0.6 is 0 Å². The summed E-state index contributed by atoms with van der Waals surface area (Å²) in [7, 11) is -2.06. The Morgan fingerprint density at radius 3 is 1.94 bits per heavy atom. The molecule has 162 valence electrons. The van der Waals surface area contributed by atoms with Crippen LogP contribution in [-0.4, -0.2) is 30.7 Å². The van der Waals surface area contributed by atoms with E-state index in [1.54, 1.807) is 4.90 Å². The summed E-state index contributed by atoms with van der Waals surface area (Å²) in [5.74, 6) is 0.181. The number of carbonyl (C=O) groups excluding carboxylic acids is 1. The number of amides is 1. The molecule has 2 rings (SSSR count). The Hall–Kier alpha value is -1.87. The van der Waals surface area contributed by atoms with E-state index >= 15 is 0 Å². The largest absolute Gasteiger partial charge is 1.00 e. The van der Waals surface area contributed by atoms with Crippen LogP contribution in [-0.2, 0) is 4.74 Å². The van der Waals surface area contributed by atoms with Crippen molar-refractivity contribution >= 4 is 19.4 Å². The Morgan fingerprint density at radius 2 is 1.48 bits per heavy atom. The summed E-state index contributed by atoms with van der Waals surface area (Å²) in [5.41, 5.74) is 0.385. The van der Waals surface area contributed by atoms with Crippen molar-refractivity contribution in [2.75, 3.05) is 0 Å². The van der Waals surface area contributed by atoms with Crippen LogP contribution in [0.15, 0.2) is 72.4 Å². The van der Waals surface area contributed by atoms with Gasteiger partial charge in [-0.2, -0.15) is 17.7 Å². The van der Waals surface area contributed by atoms with E-state index in [0.717, 1.165) is 10.8 Å². The Bertz CT molecular complexity index is 845. The maximum Gasteiger partial charge on any atom is 1.00 e. The molecule has 0 spiro atoms. The van der Waals surface area contributed by atoms with Gasteiger partial charge >= 0.3 is 25.0 Å². The molecule has 0 aliphatic heterocycles. The molecule has 0 heterocycles. The summed E-state index contributed by atoms with van der Waals surface area (Å²) in [6.07, 6.45) is -0.343. The predicted molar refractivity (Wildman–Crippen MR) is 129 cm³/mol. The average molecular weight is 430 g/mol. The minimum atomic E-state index is -2.06. The number of benzene rings is 2. The SMILES string of the molecule is C=C([C@H](C(C)C)N([CH-]c1ccccc1)C(=O)OC(C)(C)C)[Si](C)(C)c1ccccc1.[Li+]. The molecule has 0 saturated carbocycles. The second kappa shape index (κ2) is 11.1. The molecule has 0 aliphatic rings.